The SMILES string of the molecule is O=C(CCBr)NC(C(=O)c1ccccc1)c1ccccc1. The van der Waals surface area contributed by atoms with E-state index in [-0.39, 0.29) is 11.7 Å². The minimum atomic E-state index is -0.653. The highest BCUT2D eigenvalue weighted by atomic mass is 79.9. The Morgan fingerprint density at radius 1 is 0.952 bits per heavy atom. The molecule has 1 atom stereocenters. The number of amides is 1. The molecule has 0 aromatic heterocycles. The zero-order valence-corrected chi connectivity index (χ0v) is 13.0. The van der Waals surface area contributed by atoms with Crippen LogP contribution in [0.25, 0.3) is 0 Å². The minimum absolute atomic E-state index is 0.107. The fourth-order valence-corrected chi connectivity index (χ4v) is 2.39. The molecule has 21 heavy (non-hydrogen) atoms. The van der Waals surface area contributed by atoms with Gasteiger partial charge in [0.2, 0.25) is 5.91 Å². The Labute approximate surface area is 132 Å². The van der Waals surface area contributed by atoms with Crippen LogP contribution in [0.2, 0.25) is 0 Å². The van der Waals surface area contributed by atoms with Gasteiger partial charge in [-0.15, -0.1) is 0 Å². The van der Waals surface area contributed by atoms with Crippen molar-refractivity contribution in [2.75, 3.05) is 5.33 Å². The Morgan fingerprint density at radius 2 is 1.52 bits per heavy atom. The van der Waals surface area contributed by atoms with Crippen LogP contribution >= 0.6 is 15.9 Å². The molecule has 0 aliphatic rings. The van der Waals surface area contributed by atoms with E-state index in [1.165, 1.54) is 0 Å². The smallest absolute Gasteiger partial charge is 0.221 e. The molecule has 2 rings (SSSR count). The van der Waals surface area contributed by atoms with Crippen LogP contribution in [0.4, 0.5) is 0 Å². The molecule has 1 amide bonds. The van der Waals surface area contributed by atoms with E-state index in [2.05, 4.69) is 21.2 Å². The van der Waals surface area contributed by atoms with Gasteiger partial charge in [0.05, 0.1) is 0 Å². The van der Waals surface area contributed by atoms with E-state index in [9.17, 15) is 9.59 Å². The molecular formula is C17H16BrNO2. The highest BCUT2D eigenvalue weighted by molar-refractivity contribution is 9.09. The van der Waals surface area contributed by atoms with Crippen molar-refractivity contribution < 1.29 is 9.59 Å². The normalized spacial score (nSPS) is 11.7. The van der Waals surface area contributed by atoms with Crippen LogP contribution in [-0.4, -0.2) is 17.0 Å². The minimum Gasteiger partial charge on any atom is -0.342 e. The summed E-state index contributed by atoms with van der Waals surface area (Å²) in [7, 11) is 0. The molecule has 0 fully saturated rings. The summed E-state index contributed by atoms with van der Waals surface area (Å²) in [6, 6.07) is 17.6. The van der Waals surface area contributed by atoms with Crippen molar-refractivity contribution in [2.45, 2.75) is 12.5 Å². The number of carbonyl (C=O) groups is 2. The van der Waals surface area contributed by atoms with Gasteiger partial charge in [-0.1, -0.05) is 76.6 Å². The van der Waals surface area contributed by atoms with Crippen LogP contribution in [0, 0.1) is 0 Å². The summed E-state index contributed by atoms with van der Waals surface area (Å²) >= 11 is 3.23. The average Bonchev–Trinajstić information content (AvgIpc) is 2.54. The number of hydrogen-bond donors (Lipinski definition) is 1. The summed E-state index contributed by atoms with van der Waals surface area (Å²) in [5.41, 5.74) is 1.37. The van der Waals surface area contributed by atoms with E-state index in [0.717, 1.165) is 5.56 Å². The predicted octanol–water partition coefficient (Wildman–Crippen LogP) is 3.51. The Balaban J connectivity index is 2.28. The van der Waals surface area contributed by atoms with Gasteiger partial charge in [0.15, 0.2) is 5.78 Å². The maximum atomic E-state index is 12.7. The largest absolute Gasteiger partial charge is 0.342 e. The maximum absolute atomic E-state index is 12.7. The van der Waals surface area contributed by atoms with Crippen molar-refractivity contribution in [1.29, 1.82) is 0 Å². The number of carbonyl (C=O) groups excluding carboxylic acids is 2. The van der Waals surface area contributed by atoms with Gasteiger partial charge in [0, 0.05) is 17.3 Å². The Kier molecular flexibility index (Phi) is 5.69. The number of rotatable bonds is 6. The molecule has 3 nitrogen and oxygen atoms in total. The first-order chi connectivity index (χ1) is 10.2. The molecular weight excluding hydrogens is 330 g/mol. The first-order valence-corrected chi connectivity index (χ1v) is 7.84. The summed E-state index contributed by atoms with van der Waals surface area (Å²) < 4.78 is 0. The highest BCUT2D eigenvalue weighted by Crippen LogP contribution is 2.18. The molecule has 1 N–H and O–H groups in total. The fourth-order valence-electron chi connectivity index (χ4n) is 2.03. The Hall–Kier alpha value is -1.94. The standard InChI is InChI=1S/C17H16BrNO2/c18-12-11-15(20)19-16(13-7-3-1-4-8-13)17(21)14-9-5-2-6-10-14/h1-10,16H,11-12H2,(H,19,20). The third-order valence-corrected chi connectivity index (χ3v) is 3.48. The first-order valence-electron chi connectivity index (χ1n) is 6.72. The van der Waals surface area contributed by atoms with Crippen LogP contribution in [0.3, 0.4) is 0 Å². The number of hydrogen-bond acceptors (Lipinski definition) is 2. The Bertz CT molecular complexity index is 599. The summed E-state index contributed by atoms with van der Waals surface area (Å²) in [5, 5.41) is 3.38. The third-order valence-electron chi connectivity index (χ3n) is 3.08. The predicted molar refractivity (Wildman–Crippen MR) is 86.5 cm³/mol. The van der Waals surface area contributed by atoms with Gasteiger partial charge < -0.3 is 5.32 Å². The second kappa shape index (κ2) is 7.74. The third kappa shape index (κ3) is 4.26. The van der Waals surface area contributed by atoms with E-state index < -0.39 is 6.04 Å². The van der Waals surface area contributed by atoms with Gasteiger partial charge >= 0.3 is 0 Å². The maximum Gasteiger partial charge on any atom is 0.221 e. The number of alkyl halides is 1. The van der Waals surface area contributed by atoms with Crippen molar-refractivity contribution in [3.8, 4) is 0 Å². The molecule has 108 valence electrons. The van der Waals surface area contributed by atoms with Gasteiger partial charge in [-0.2, -0.15) is 0 Å². The summed E-state index contributed by atoms with van der Waals surface area (Å²) in [5.74, 6) is -0.255. The monoisotopic (exact) mass is 345 g/mol. The lowest BCUT2D eigenvalue weighted by atomic mass is 9.97. The lowest BCUT2D eigenvalue weighted by Gasteiger charge is -2.18. The van der Waals surface area contributed by atoms with Crippen molar-refractivity contribution >= 4 is 27.6 Å². The number of nitrogens with one attached hydrogen (secondary N) is 1. The van der Waals surface area contributed by atoms with Crippen molar-refractivity contribution in [3.63, 3.8) is 0 Å². The molecule has 0 spiro atoms. The summed E-state index contributed by atoms with van der Waals surface area (Å²) in [6.07, 6.45) is 0.339. The van der Waals surface area contributed by atoms with Gasteiger partial charge in [0.1, 0.15) is 6.04 Å². The van der Waals surface area contributed by atoms with Gasteiger partial charge in [-0.25, -0.2) is 0 Å². The van der Waals surface area contributed by atoms with Crippen LogP contribution in [0.1, 0.15) is 28.4 Å². The molecule has 0 saturated carbocycles. The van der Waals surface area contributed by atoms with Crippen LogP contribution in [-0.2, 0) is 4.79 Å². The number of ketones is 1. The lowest BCUT2D eigenvalue weighted by molar-refractivity contribution is -0.121. The zero-order chi connectivity index (χ0) is 15.1. The molecule has 0 saturated heterocycles. The topological polar surface area (TPSA) is 46.2 Å². The molecule has 2 aromatic carbocycles. The number of halogens is 1. The van der Waals surface area contributed by atoms with Crippen LogP contribution < -0.4 is 5.32 Å². The average molecular weight is 346 g/mol. The molecule has 2 aromatic rings. The highest BCUT2D eigenvalue weighted by Gasteiger charge is 2.23. The molecule has 0 radical (unpaired) electrons. The van der Waals surface area contributed by atoms with Gasteiger partial charge in [-0.05, 0) is 5.56 Å². The van der Waals surface area contributed by atoms with Gasteiger partial charge in [-0.3, -0.25) is 9.59 Å². The first kappa shape index (κ1) is 15.4. The van der Waals surface area contributed by atoms with Crippen LogP contribution in [0.5, 0.6) is 0 Å². The molecule has 0 aliphatic carbocycles. The fraction of sp³-hybridized carbons (Fsp3) is 0.176. The quantitative estimate of drug-likeness (QED) is 0.643. The van der Waals surface area contributed by atoms with E-state index in [1.54, 1.807) is 12.1 Å². The van der Waals surface area contributed by atoms with E-state index in [4.69, 9.17) is 0 Å². The number of Topliss-reactive ketones (excluding diaryl/α,β-unsaturated/α-hetero) is 1. The van der Waals surface area contributed by atoms with E-state index in [1.807, 2.05) is 48.5 Å². The van der Waals surface area contributed by atoms with Crippen molar-refractivity contribution in [2.24, 2.45) is 0 Å². The van der Waals surface area contributed by atoms with Crippen molar-refractivity contribution in [3.05, 3.63) is 71.8 Å². The molecule has 0 bridgehead atoms. The van der Waals surface area contributed by atoms with E-state index in [0.29, 0.717) is 17.3 Å². The molecule has 0 heterocycles. The zero-order valence-electron chi connectivity index (χ0n) is 11.5. The van der Waals surface area contributed by atoms with Gasteiger partial charge in [0.25, 0.3) is 0 Å². The van der Waals surface area contributed by atoms with E-state index >= 15 is 0 Å². The lowest BCUT2D eigenvalue weighted by Crippen LogP contribution is -2.34. The number of benzene rings is 2. The summed E-state index contributed by atoms with van der Waals surface area (Å²) in [6.45, 7) is 0. The van der Waals surface area contributed by atoms with Crippen LogP contribution in [0.15, 0.2) is 60.7 Å². The van der Waals surface area contributed by atoms with Crippen molar-refractivity contribution in [1.82, 2.24) is 5.32 Å². The molecule has 4 heteroatoms. The molecule has 1 unspecified atom stereocenters. The second-order valence-corrected chi connectivity index (χ2v) is 5.37. The molecule has 0 aliphatic heterocycles. The summed E-state index contributed by atoms with van der Waals surface area (Å²) in [4.78, 5) is 24.5. The Morgan fingerprint density at radius 3 is 2.10 bits per heavy atom. The second-order valence-electron chi connectivity index (χ2n) is 4.58.